The topological polar surface area (TPSA) is 107 Å². The number of amides is 1. The SMILES string of the molecule is CC(C)NC(C)(COc1cc(Br)cc([N+](=O)[O-])c1)C(N)=O. The van der Waals surface area contributed by atoms with Crippen LogP contribution in [0.15, 0.2) is 22.7 Å². The number of carbonyl (C=O) groups is 1. The maximum Gasteiger partial charge on any atom is 0.274 e. The summed E-state index contributed by atoms with van der Waals surface area (Å²) in [5, 5.41) is 13.8. The van der Waals surface area contributed by atoms with Gasteiger partial charge in [-0.3, -0.25) is 20.2 Å². The third kappa shape index (κ3) is 4.98. The minimum atomic E-state index is -1.06. The molecule has 0 heterocycles. The van der Waals surface area contributed by atoms with Gasteiger partial charge in [0.05, 0.1) is 11.0 Å². The largest absolute Gasteiger partial charge is 0.491 e. The molecule has 8 heteroatoms. The van der Waals surface area contributed by atoms with E-state index < -0.39 is 16.4 Å². The molecular weight excluding hydrogens is 342 g/mol. The van der Waals surface area contributed by atoms with Gasteiger partial charge in [0.1, 0.15) is 17.9 Å². The lowest BCUT2D eigenvalue weighted by atomic mass is 10.0. The summed E-state index contributed by atoms with van der Waals surface area (Å²) in [6.07, 6.45) is 0. The van der Waals surface area contributed by atoms with Crippen LogP contribution >= 0.6 is 15.9 Å². The summed E-state index contributed by atoms with van der Waals surface area (Å²) in [6.45, 7) is 5.35. The summed E-state index contributed by atoms with van der Waals surface area (Å²) in [6, 6.07) is 4.28. The first kappa shape index (κ1) is 17.4. The second kappa shape index (κ2) is 6.86. The number of primary amides is 1. The number of nitrogens with zero attached hydrogens (tertiary/aromatic N) is 1. The predicted molar refractivity (Wildman–Crippen MR) is 82.2 cm³/mol. The molecule has 116 valence electrons. The van der Waals surface area contributed by atoms with E-state index in [0.29, 0.717) is 4.47 Å². The average molecular weight is 360 g/mol. The minimum Gasteiger partial charge on any atom is -0.491 e. The minimum absolute atomic E-state index is 0.0305. The van der Waals surface area contributed by atoms with Gasteiger partial charge in [-0.15, -0.1) is 0 Å². The van der Waals surface area contributed by atoms with Crippen LogP contribution < -0.4 is 15.8 Å². The van der Waals surface area contributed by atoms with Crippen molar-refractivity contribution in [2.75, 3.05) is 6.61 Å². The van der Waals surface area contributed by atoms with Crippen molar-refractivity contribution in [2.24, 2.45) is 5.73 Å². The van der Waals surface area contributed by atoms with Crippen LogP contribution in [0.3, 0.4) is 0 Å². The molecule has 0 aliphatic heterocycles. The van der Waals surface area contributed by atoms with Gasteiger partial charge in [0.15, 0.2) is 0 Å². The normalized spacial score (nSPS) is 13.8. The Bertz CT molecular complexity index is 550. The van der Waals surface area contributed by atoms with Crippen LogP contribution in [0.1, 0.15) is 20.8 Å². The highest BCUT2D eigenvalue weighted by Crippen LogP contribution is 2.26. The van der Waals surface area contributed by atoms with E-state index in [4.69, 9.17) is 10.5 Å². The quantitative estimate of drug-likeness (QED) is 0.571. The van der Waals surface area contributed by atoms with Gasteiger partial charge in [-0.2, -0.15) is 0 Å². The van der Waals surface area contributed by atoms with Gasteiger partial charge < -0.3 is 10.5 Å². The number of ether oxygens (including phenoxy) is 1. The molecule has 3 N–H and O–H groups in total. The van der Waals surface area contributed by atoms with Gasteiger partial charge in [0, 0.05) is 16.6 Å². The number of non-ortho nitro benzene ring substituents is 1. The summed E-state index contributed by atoms with van der Waals surface area (Å²) in [5.74, 6) is -0.269. The summed E-state index contributed by atoms with van der Waals surface area (Å²) < 4.78 is 6.03. The van der Waals surface area contributed by atoms with E-state index >= 15 is 0 Å². The van der Waals surface area contributed by atoms with Gasteiger partial charge in [0.25, 0.3) is 5.69 Å². The number of halogens is 1. The van der Waals surface area contributed by atoms with E-state index in [-0.39, 0.29) is 24.1 Å². The molecule has 21 heavy (non-hydrogen) atoms. The number of carbonyl (C=O) groups excluding carboxylic acids is 1. The lowest BCUT2D eigenvalue weighted by molar-refractivity contribution is -0.385. The zero-order chi connectivity index (χ0) is 16.2. The fourth-order valence-electron chi connectivity index (χ4n) is 1.79. The smallest absolute Gasteiger partial charge is 0.274 e. The molecule has 0 aromatic heterocycles. The highest BCUT2D eigenvalue weighted by atomic mass is 79.9. The highest BCUT2D eigenvalue weighted by molar-refractivity contribution is 9.10. The van der Waals surface area contributed by atoms with Gasteiger partial charge in [-0.05, 0) is 26.8 Å². The molecule has 0 aliphatic carbocycles. The van der Waals surface area contributed by atoms with E-state index in [9.17, 15) is 14.9 Å². The fourth-order valence-corrected chi connectivity index (χ4v) is 2.25. The number of nitro benzene ring substituents is 1. The maximum atomic E-state index is 11.6. The molecule has 0 spiro atoms. The summed E-state index contributed by atoms with van der Waals surface area (Å²) in [4.78, 5) is 21.9. The molecule has 7 nitrogen and oxygen atoms in total. The Morgan fingerprint density at radius 1 is 1.52 bits per heavy atom. The van der Waals surface area contributed by atoms with Crippen molar-refractivity contribution in [1.82, 2.24) is 5.32 Å². The molecular formula is C13H18BrN3O4. The lowest BCUT2D eigenvalue weighted by Crippen LogP contribution is -2.59. The molecule has 0 saturated carbocycles. The van der Waals surface area contributed by atoms with E-state index in [0.717, 1.165) is 0 Å². The van der Waals surface area contributed by atoms with Crippen molar-refractivity contribution in [3.05, 3.63) is 32.8 Å². The lowest BCUT2D eigenvalue weighted by Gasteiger charge is -2.29. The highest BCUT2D eigenvalue weighted by Gasteiger charge is 2.32. The third-order valence-electron chi connectivity index (χ3n) is 2.75. The molecule has 1 aromatic rings. The van der Waals surface area contributed by atoms with E-state index in [1.165, 1.54) is 12.1 Å². The van der Waals surface area contributed by atoms with E-state index in [1.54, 1.807) is 13.0 Å². The Morgan fingerprint density at radius 3 is 2.62 bits per heavy atom. The van der Waals surface area contributed by atoms with Crippen LogP contribution in [0, 0.1) is 10.1 Å². The molecule has 1 rings (SSSR count). The number of nitrogens with two attached hydrogens (primary N) is 1. The monoisotopic (exact) mass is 359 g/mol. The zero-order valence-corrected chi connectivity index (χ0v) is 13.6. The molecule has 0 fully saturated rings. The number of nitro groups is 1. The Morgan fingerprint density at radius 2 is 2.14 bits per heavy atom. The van der Waals surface area contributed by atoms with Crippen LogP contribution in [0.25, 0.3) is 0 Å². The van der Waals surface area contributed by atoms with Crippen molar-refractivity contribution in [3.8, 4) is 5.75 Å². The Hall–Kier alpha value is -1.67. The van der Waals surface area contributed by atoms with Crippen LogP contribution in [-0.4, -0.2) is 29.0 Å². The van der Waals surface area contributed by atoms with Crippen molar-refractivity contribution in [1.29, 1.82) is 0 Å². The average Bonchev–Trinajstić information content (AvgIpc) is 2.34. The van der Waals surface area contributed by atoms with Crippen LogP contribution in [0.2, 0.25) is 0 Å². The van der Waals surface area contributed by atoms with E-state index in [2.05, 4.69) is 21.2 Å². The summed E-state index contributed by atoms with van der Waals surface area (Å²) in [5.41, 5.74) is 4.23. The third-order valence-corrected chi connectivity index (χ3v) is 3.20. The van der Waals surface area contributed by atoms with Crippen molar-refractivity contribution in [3.63, 3.8) is 0 Å². The molecule has 0 radical (unpaired) electrons. The number of rotatable bonds is 7. The predicted octanol–water partition coefficient (Wildman–Crippen LogP) is 1.98. The Labute approximate surface area is 131 Å². The van der Waals surface area contributed by atoms with Crippen LogP contribution in [0.4, 0.5) is 5.69 Å². The van der Waals surface area contributed by atoms with Crippen LogP contribution in [-0.2, 0) is 4.79 Å². The molecule has 0 saturated heterocycles. The second-order valence-corrected chi connectivity index (χ2v) is 6.10. The number of benzene rings is 1. The molecule has 1 aromatic carbocycles. The van der Waals surface area contributed by atoms with Gasteiger partial charge in [0.2, 0.25) is 5.91 Å². The van der Waals surface area contributed by atoms with Gasteiger partial charge in [-0.1, -0.05) is 15.9 Å². The van der Waals surface area contributed by atoms with Crippen molar-refractivity contribution < 1.29 is 14.5 Å². The van der Waals surface area contributed by atoms with Crippen molar-refractivity contribution in [2.45, 2.75) is 32.4 Å². The van der Waals surface area contributed by atoms with E-state index in [1.807, 2.05) is 13.8 Å². The van der Waals surface area contributed by atoms with Gasteiger partial charge in [-0.25, -0.2) is 0 Å². The zero-order valence-electron chi connectivity index (χ0n) is 12.1. The Kier molecular flexibility index (Phi) is 5.68. The summed E-state index contributed by atoms with van der Waals surface area (Å²) in [7, 11) is 0. The Balaban J connectivity index is 2.90. The van der Waals surface area contributed by atoms with Gasteiger partial charge >= 0.3 is 0 Å². The second-order valence-electron chi connectivity index (χ2n) is 5.19. The number of hydrogen-bond donors (Lipinski definition) is 2. The molecule has 1 unspecified atom stereocenters. The fraction of sp³-hybridized carbons (Fsp3) is 0.462. The number of nitrogens with one attached hydrogen (secondary N) is 1. The number of hydrogen-bond acceptors (Lipinski definition) is 5. The maximum absolute atomic E-state index is 11.6. The first-order valence-electron chi connectivity index (χ1n) is 6.29. The molecule has 1 atom stereocenters. The standard InChI is InChI=1S/C13H18BrN3O4/c1-8(2)16-13(3,12(15)18)7-21-11-5-9(14)4-10(6-11)17(19)20/h4-6,8,16H,7H2,1-3H3,(H2,15,18). The molecule has 0 bridgehead atoms. The van der Waals surface area contributed by atoms with Crippen LogP contribution in [0.5, 0.6) is 5.75 Å². The molecule has 0 aliphatic rings. The first-order valence-corrected chi connectivity index (χ1v) is 7.09. The first-order chi connectivity index (χ1) is 9.64. The van der Waals surface area contributed by atoms with Crippen molar-refractivity contribution >= 4 is 27.5 Å². The summed E-state index contributed by atoms with van der Waals surface area (Å²) >= 11 is 3.18. The molecule has 1 amide bonds.